The lowest BCUT2D eigenvalue weighted by Gasteiger charge is -2.29. The van der Waals surface area contributed by atoms with Crippen LogP contribution in [0.2, 0.25) is 0 Å². The summed E-state index contributed by atoms with van der Waals surface area (Å²) in [6, 6.07) is 0. The van der Waals surface area contributed by atoms with Crippen LogP contribution >= 0.6 is 0 Å². The van der Waals surface area contributed by atoms with Gasteiger partial charge in [-0.15, -0.1) is 0 Å². The highest BCUT2D eigenvalue weighted by Crippen LogP contribution is 2.29. The summed E-state index contributed by atoms with van der Waals surface area (Å²) >= 11 is 0. The lowest BCUT2D eigenvalue weighted by Crippen LogP contribution is -2.27. The van der Waals surface area contributed by atoms with Gasteiger partial charge < -0.3 is 9.84 Å². The smallest absolute Gasteiger partial charge is 0.0755 e. The summed E-state index contributed by atoms with van der Waals surface area (Å²) in [5.41, 5.74) is 1.26. The van der Waals surface area contributed by atoms with E-state index in [9.17, 15) is 5.11 Å². The zero-order chi connectivity index (χ0) is 10.6. The predicted molar refractivity (Wildman–Crippen MR) is 58.1 cm³/mol. The first-order chi connectivity index (χ1) is 6.65. The van der Waals surface area contributed by atoms with Crippen molar-refractivity contribution in [3.8, 4) is 0 Å². The summed E-state index contributed by atoms with van der Waals surface area (Å²) < 4.78 is 5.34. The van der Waals surface area contributed by atoms with Gasteiger partial charge in [-0.1, -0.05) is 19.9 Å². The first-order valence-corrected chi connectivity index (χ1v) is 5.60. The van der Waals surface area contributed by atoms with Crippen LogP contribution in [0.25, 0.3) is 0 Å². The highest BCUT2D eigenvalue weighted by Gasteiger charge is 2.25. The summed E-state index contributed by atoms with van der Waals surface area (Å²) in [5, 5.41) is 9.88. The molecule has 1 aliphatic carbocycles. The van der Waals surface area contributed by atoms with E-state index in [1.807, 2.05) is 13.0 Å². The molecular weight excluding hydrogens is 176 g/mol. The number of aliphatic hydroxyl groups excluding tert-OH is 1. The first-order valence-electron chi connectivity index (χ1n) is 5.60. The van der Waals surface area contributed by atoms with Crippen molar-refractivity contribution in [1.29, 1.82) is 0 Å². The van der Waals surface area contributed by atoms with Crippen molar-refractivity contribution in [2.45, 2.75) is 39.7 Å². The first kappa shape index (κ1) is 11.7. The molecule has 0 unspecified atom stereocenters. The van der Waals surface area contributed by atoms with E-state index in [-0.39, 0.29) is 6.10 Å². The van der Waals surface area contributed by atoms with E-state index in [2.05, 4.69) is 13.8 Å². The molecule has 1 aliphatic rings. The Morgan fingerprint density at radius 2 is 2.29 bits per heavy atom. The maximum absolute atomic E-state index is 9.88. The minimum absolute atomic E-state index is 0.265. The van der Waals surface area contributed by atoms with Crippen molar-refractivity contribution in [3.05, 3.63) is 11.6 Å². The maximum atomic E-state index is 9.88. The molecular formula is C12H22O2. The summed E-state index contributed by atoms with van der Waals surface area (Å²) in [5.74, 6) is 0.996. The van der Waals surface area contributed by atoms with E-state index in [1.54, 1.807) is 0 Å². The Bertz CT molecular complexity index is 196. The molecule has 0 aromatic rings. The van der Waals surface area contributed by atoms with E-state index in [1.165, 1.54) is 5.57 Å². The number of rotatable bonds is 4. The van der Waals surface area contributed by atoms with E-state index >= 15 is 0 Å². The average molecular weight is 198 g/mol. The molecule has 0 amide bonds. The fourth-order valence-electron chi connectivity index (χ4n) is 2.05. The van der Waals surface area contributed by atoms with Crippen molar-refractivity contribution in [2.75, 3.05) is 13.2 Å². The van der Waals surface area contributed by atoms with Crippen molar-refractivity contribution < 1.29 is 9.84 Å². The second-order valence-electron chi connectivity index (χ2n) is 4.40. The third-order valence-electron chi connectivity index (χ3n) is 2.99. The largest absolute Gasteiger partial charge is 0.389 e. The quantitative estimate of drug-likeness (QED) is 0.703. The van der Waals surface area contributed by atoms with Crippen LogP contribution in [0.4, 0.5) is 0 Å². The Hall–Kier alpha value is -0.340. The summed E-state index contributed by atoms with van der Waals surface area (Å²) in [6.45, 7) is 7.79. The zero-order valence-electron chi connectivity index (χ0n) is 9.49. The van der Waals surface area contributed by atoms with Crippen LogP contribution in [0.3, 0.4) is 0 Å². The average Bonchev–Trinajstić information content (AvgIpc) is 2.14. The summed E-state index contributed by atoms with van der Waals surface area (Å²) in [4.78, 5) is 0. The Morgan fingerprint density at radius 1 is 1.57 bits per heavy atom. The molecule has 0 bridgehead atoms. The van der Waals surface area contributed by atoms with E-state index in [0.29, 0.717) is 18.4 Å². The van der Waals surface area contributed by atoms with Crippen LogP contribution in [-0.2, 0) is 4.74 Å². The Kier molecular flexibility index (Phi) is 4.63. The normalized spacial score (nSPS) is 27.9. The minimum Gasteiger partial charge on any atom is -0.389 e. The topological polar surface area (TPSA) is 29.5 Å². The summed E-state index contributed by atoms with van der Waals surface area (Å²) in [7, 11) is 0. The Balaban J connectivity index is 2.48. The highest BCUT2D eigenvalue weighted by molar-refractivity contribution is 5.11. The highest BCUT2D eigenvalue weighted by atomic mass is 16.5. The lowest BCUT2D eigenvalue weighted by atomic mass is 9.80. The molecule has 2 nitrogen and oxygen atoms in total. The van der Waals surface area contributed by atoms with Gasteiger partial charge in [-0.2, -0.15) is 0 Å². The van der Waals surface area contributed by atoms with Gasteiger partial charge in [0, 0.05) is 6.61 Å². The van der Waals surface area contributed by atoms with Gasteiger partial charge >= 0.3 is 0 Å². The lowest BCUT2D eigenvalue weighted by molar-refractivity contribution is 0.0999. The zero-order valence-corrected chi connectivity index (χ0v) is 9.49. The van der Waals surface area contributed by atoms with Crippen molar-refractivity contribution >= 4 is 0 Å². The SMILES string of the molecule is CCOCC1=C[C@@H](O)[C@@H](C(C)C)CC1. The molecule has 1 N–H and O–H groups in total. The predicted octanol–water partition coefficient (Wildman–Crippen LogP) is 2.38. The van der Waals surface area contributed by atoms with E-state index < -0.39 is 0 Å². The standard InChI is InChI=1S/C12H22O2/c1-4-14-8-10-5-6-11(9(2)3)12(13)7-10/h7,9,11-13H,4-6,8H2,1-3H3/t11-,12-/m1/s1. The minimum atomic E-state index is -0.265. The third-order valence-corrected chi connectivity index (χ3v) is 2.99. The van der Waals surface area contributed by atoms with Gasteiger partial charge in [0.05, 0.1) is 12.7 Å². The molecule has 2 atom stereocenters. The molecule has 0 aromatic heterocycles. The van der Waals surface area contributed by atoms with Crippen molar-refractivity contribution in [2.24, 2.45) is 11.8 Å². The molecule has 0 heterocycles. The van der Waals surface area contributed by atoms with E-state index in [4.69, 9.17) is 4.74 Å². The third kappa shape index (κ3) is 3.10. The molecule has 0 fully saturated rings. The van der Waals surface area contributed by atoms with Gasteiger partial charge in [0.15, 0.2) is 0 Å². The van der Waals surface area contributed by atoms with E-state index in [0.717, 1.165) is 19.4 Å². The molecule has 1 rings (SSSR count). The van der Waals surface area contributed by atoms with Crippen LogP contribution in [0.5, 0.6) is 0 Å². The van der Waals surface area contributed by atoms with Gasteiger partial charge in [0.2, 0.25) is 0 Å². The van der Waals surface area contributed by atoms with Gasteiger partial charge in [0.1, 0.15) is 0 Å². The fraction of sp³-hybridized carbons (Fsp3) is 0.833. The molecule has 2 heteroatoms. The second-order valence-corrected chi connectivity index (χ2v) is 4.40. The van der Waals surface area contributed by atoms with Gasteiger partial charge in [-0.05, 0) is 37.2 Å². The fourth-order valence-corrected chi connectivity index (χ4v) is 2.05. The molecule has 0 saturated heterocycles. The van der Waals surface area contributed by atoms with Gasteiger partial charge in [-0.3, -0.25) is 0 Å². The number of ether oxygens (including phenoxy) is 1. The molecule has 0 spiro atoms. The van der Waals surface area contributed by atoms with Gasteiger partial charge in [-0.25, -0.2) is 0 Å². The molecule has 82 valence electrons. The van der Waals surface area contributed by atoms with Crippen molar-refractivity contribution in [3.63, 3.8) is 0 Å². The Morgan fingerprint density at radius 3 is 2.79 bits per heavy atom. The van der Waals surface area contributed by atoms with Crippen LogP contribution in [0.1, 0.15) is 33.6 Å². The molecule has 0 aromatic carbocycles. The molecule has 14 heavy (non-hydrogen) atoms. The van der Waals surface area contributed by atoms with Gasteiger partial charge in [0.25, 0.3) is 0 Å². The van der Waals surface area contributed by atoms with Crippen LogP contribution < -0.4 is 0 Å². The summed E-state index contributed by atoms with van der Waals surface area (Å²) in [6.07, 6.45) is 3.90. The van der Waals surface area contributed by atoms with Crippen LogP contribution in [0.15, 0.2) is 11.6 Å². The molecule has 0 aliphatic heterocycles. The molecule has 0 saturated carbocycles. The van der Waals surface area contributed by atoms with Crippen LogP contribution in [-0.4, -0.2) is 24.4 Å². The number of hydrogen-bond acceptors (Lipinski definition) is 2. The number of hydrogen-bond donors (Lipinski definition) is 1. The van der Waals surface area contributed by atoms with Crippen LogP contribution in [0, 0.1) is 11.8 Å². The molecule has 0 radical (unpaired) electrons. The maximum Gasteiger partial charge on any atom is 0.0755 e. The monoisotopic (exact) mass is 198 g/mol. The van der Waals surface area contributed by atoms with Crippen molar-refractivity contribution in [1.82, 2.24) is 0 Å². The Labute approximate surface area is 87.0 Å². The second kappa shape index (κ2) is 5.52. The number of aliphatic hydroxyl groups is 1.